The van der Waals surface area contributed by atoms with E-state index in [1.165, 1.54) is 16.0 Å². The summed E-state index contributed by atoms with van der Waals surface area (Å²) in [5.74, 6) is -0.683. The van der Waals surface area contributed by atoms with Gasteiger partial charge in [0.1, 0.15) is 17.9 Å². The summed E-state index contributed by atoms with van der Waals surface area (Å²) in [6.07, 6.45) is 2.36. The minimum Gasteiger partial charge on any atom is -0.481 e. The van der Waals surface area contributed by atoms with E-state index < -0.39 is 5.97 Å². The number of aromatic nitrogens is 4. The summed E-state index contributed by atoms with van der Waals surface area (Å²) in [5, 5.41) is 16.5. The van der Waals surface area contributed by atoms with Crippen LogP contribution in [-0.4, -0.2) is 42.2 Å². The van der Waals surface area contributed by atoms with Gasteiger partial charge in [-0.15, -0.1) is 11.3 Å². The summed E-state index contributed by atoms with van der Waals surface area (Å²) in [4.78, 5) is 40.9. The Labute approximate surface area is 170 Å². The summed E-state index contributed by atoms with van der Waals surface area (Å²) in [7, 11) is 0. The van der Waals surface area contributed by atoms with Gasteiger partial charge in [-0.3, -0.25) is 18.8 Å². The highest BCUT2D eigenvalue weighted by Crippen LogP contribution is 2.25. The summed E-state index contributed by atoms with van der Waals surface area (Å²) < 4.78 is 3.90. The molecule has 1 amide bonds. The van der Waals surface area contributed by atoms with E-state index in [0.717, 1.165) is 4.70 Å². The average Bonchev–Trinajstić information content (AvgIpc) is 3.26. The number of carboxylic acid groups (broad SMARTS) is 1. The Morgan fingerprint density at radius 1 is 1.31 bits per heavy atom. The molecule has 154 valence electrons. The number of nitrogens with zero attached hydrogens (tertiary/aromatic N) is 4. The number of carbonyl (C=O) groups is 2. The number of thiazole rings is 1. The zero-order valence-electron chi connectivity index (χ0n) is 16.3. The van der Waals surface area contributed by atoms with E-state index in [4.69, 9.17) is 5.11 Å². The van der Waals surface area contributed by atoms with E-state index in [0.29, 0.717) is 42.7 Å². The third-order valence-corrected chi connectivity index (χ3v) is 6.22. The number of nitrogens with one attached hydrogen (secondary N) is 1. The van der Waals surface area contributed by atoms with E-state index in [-0.39, 0.29) is 35.9 Å². The molecule has 0 atom stereocenters. The van der Waals surface area contributed by atoms with Crippen LogP contribution in [0.1, 0.15) is 51.3 Å². The maximum Gasteiger partial charge on any atom is 0.306 e. The quantitative estimate of drug-likeness (QED) is 0.655. The molecule has 3 aromatic heterocycles. The van der Waals surface area contributed by atoms with Gasteiger partial charge in [0, 0.05) is 12.0 Å². The molecule has 0 radical (unpaired) electrons. The van der Waals surface area contributed by atoms with Crippen molar-refractivity contribution < 1.29 is 14.7 Å². The van der Waals surface area contributed by atoms with Crippen LogP contribution in [0.5, 0.6) is 0 Å². The molecular formula is C19H23N5O4S. The number of fused-ring (bicyclic) bond motifs is 3. The lowest BCUT2D eigenvalue weighted by atomic mass is 9.86. The van der Waals surface area contributed by atoms with Crippen LogP contribution in [-0.2, 0) is 16.1 Å². The maximum absolute atomic E-state index is 12.9. The van der Waals surface area contributed by atoms with Gasteiger partial charge in [0.05, 0.1) is 16.1 Å². The molecule has 9 nitrogen and oxygen atoms in total. The lowest BCUT2D eigenvalue weighted by Gasteiger charge is -2.26. The number of amides is 1. The molecule has 0 aromatic carbocycles. The van der Waals surface area contributed by atoms with Gasteiger partial charge in [-0.25, -0.2) is 9.67 Å². The Kier molecular flexibility index (Phi) is 5.12. The van der Waals surface area contributed by atoms with E-state index in [1.807, 2.05) is 13.8 Å². The first-order valence-electron chi connectivity index (χ1n) is 9.73. The highest BCUT2D eigenvalue weighted by molar-refractivity contribution is 7.16. The van der Waals surface area contributed by atoms with E-state index in [1.54, 1.807) is 16.0 Å². The van der Waals surface area contributed by atoms with Crippen LogP contribution in [0.25, 0.3) is 15.9 Å². The van der Waals surface area contributed by atoms with Crippen LogP contribution >= 0.6 is 11.3 Å². The number of carbonyl (C=O) groups excluding carboxylic acids is 1. The van der Waals surface area contributed by atoms with Crippen LogP contribution in [0.2, 0.25) is 0 Å². The molecule has 0 saturated heterocycles. The van der Waals surface area contributed by atoms with Gasteiger partial charge in [-0.05, 0) is 31.7 Å². The van der Waals surface area contributed by atoms with Crippen LogP contribution in [0.3, 0.4) is 0 Å². The first-order chi connectivity index (χ1) is 13.8. The number of carboxylic acids is 1. The SMILES string of the molecule is CC(C)c1nn(CC(=O)N[C@H]2CC[C@H](C(=O)O)CC2)c(=O)c2cc3scnc3n12. The van der Waals surface area contributed by atoms with Crippen LogP contribution in [0.15, 0.2) is 16.4 Å². The first-order valence-corrected chi connectivity index (χ1v) is 10.6. The highest BCUT2D eigenvalue weighted by Gasteiger charge is 2.27. The second kappa shape index (κ2) is 7.58. The van der Waals surface area contributed by atoms with Crippen molar-refractivity contribution in [2.45, 2.75) is 58.0 Å². The van der Waals surface area contributed by atoms with Gasteiger partial charge in [0.25, 0.3) is 5.56 Å². The second-order valence-electron chi connectivity index (χ2n) is 7.84. The van der Waals surface area contributed by atoms with Gasteiger partial charge in [0.15, 0.2) is 5.65 Å². The van der Waals surface area contributed by atoms with Crippen LogP contribution in [0.4, 0.5) is 0 Å². The number of hydrogen-bond acceptors (Lipinski definition) is 6. The molecule has 29 heavy (non-hydrogen) atoms. The molecule has 4 rings (SSSR count). The van der Waals surface area contributed by atoms with Crippen LogP contribution < -0.4 is 10.9 Å². The third kappa shape index (κ3) is 3.64. The predicted octanol–water partition coefficient (Wildman–Crippen LogP) is 1.99. The molecule has 2 N–H and O–H groups in total. The molecule has 0 aliphatic heterocycles. The van der Waals surface area contributed by atoms with Crippen molar-refractivity contribution in [1.29, 1.82) is 0 Å². The van der Waals surface area contributed by atoms with E-state index >= 15 is 0 Å². The topological polar surface area (TPSA) is 119 Å². The predicted molar refractivity (Wildman–Crippen MR) is 108 cm³/mol. The Morgan fingerprint density at radius 3 is 2.69 bits per heavy atom. The fourth-order valence-corrected chi connectivity index (χ4v) is 4.62. The van der Waals surface area contributed by atoms with Gasteiger partial charge < -0.3 is 10.4 Å². The normalized spacial score (nSPS) is 19.8. The third-order valence-electron chi connectivity index (χ3n) is 5.45. The zero-order valence-corrected chi connectivity index (χ0v) is 17.1. The summed E-state index contributed by atoms with van der Waals surface area (Å²) >= 11 is 1.46. The Balaban J connectivity index is 1.56. The van der Waals surface area contributed by atoms with E-state index in [2.05, 4.69) is 15.4 Å². The standard InChI is InChI=1S/C19H23N5O4S/c1-10(2)16-22-23(18(26)13-7-14-17(24(13)16)20-9-29-14)8-15(25)21-12-5-3-11(4-6-12)19(27)28/h7,9-12H,3-6,8H2,1-2H3,(H,21,25)(H,27,28)/t11-,12-. The van der Waals surface area contributed by atoms with Gasteiger partial charge >= 0.3 is 5.97 Å². The van der Waals surface area contributed by atoms with Crippen LogP contribution in [0, 0.1) is 5.92 Å². The fraction of sp³-hybridized carbons (Fsp3) is 0.526. The van der Waals surface area contributed by atoms with Crippen molar-refractivity contribution in [3.63, 3.8) is 0 Å². The Bertz CT molecular complexity index is 1140. The van der Waals surface area contributed by atoms with Crippen molar-refractivity contribution in [3.8, 4) is 0 Å². The minimum absolute atomic E-state index is 0.0380. The molecular weight excluding hydrogens is 394 g/mol. The molecule has 10 heteroatoms. The molecule has 3 aromatic rings. The molecule has 1 saturated carbocycles. The molecule has 1 fully saturated rings. The summed E-state index contributed by atoms with van der Waals surface area (Å²) in [6, 6.07) is 1.73. The smallest absolute Gasteiger partial charge is 0.306 e. The summed E-state index contributed by atoms with van der Waals surface area (Å²) in [5.41, 5.74) is 2.58. The molecule has 1 aliphatic carbocycles. The number of hydrogen-bond donors (Lipinski definition) is 2. The maximum atomic E-state index is 12.9. The van der Waals surface area contributed by atoms with Gasteiger partial charge in [-0.2, -0.15) is 5.10 Å². The molecule has 3 heterocycles. The molecule has 0 unspecified atom stereocenters. The molecule has 0 spiro atoms. The van der Waals surface area contributed by atoms with Gasteiger partial charge in [0.2, 0.25) is 5.91 Å². The highest BCUT2D eigenvalue weighted by atomic mass is 32.1. The number of aliphatic carboxylic acids is 1. The lowest BCUT2D eigenvalue weighted by Crippen LogP contribution is -2.42. The largest absolute Gasteiger partial charge is 0.481 e. The first kappa shape index (κ1) is 19.6. The monoisotopic (exact) mass is 417 g/mol. The number of rotatable bonds is 5. The molecule has 1 aliphatic rings. The Morgan fingerprint density at radius 2 is 2.03 bits per heavy atom. The van der Waals surface area contributed by atoms with Crippen molar-refractivity contribution in [3.05, 3.63) is 27.8 Å². The van der Waals surface area contributed by atoms with Crippen molar-refractivity contribution in [2.24, 2.45) is 5.92 Å². The minimum atomic E-state index is -0.776. The molecule has 0 bridgehead atoms. The van der Waals surface area contributed by atoms with Crippen molar-refractivity contribution in [2.75, 3.05) is 0 Å². The average molecular weight is 417 g/mol. The summed E-state index contributed by atoms with van der Waals surface area (Å²) in [6.45, 7) is 3.80. The van der Waals surface area contributed by atoms with Gasteiger partial charge in [-0.1, -0.05) is 13.8 Å². The van der Waals surface area contributed by atoms with Crippen molar-refractivity contribution in [1.82, 2.24) is 24.5 Å². The zero-order chi connectivity index (χ0) is 20.7. The van der Waals surface area contributed by atoms with Crippen molar-refractivity contribution >= 4 is 39.1 Å². The second-order valence-corrected chi connectivity index (χ2v) is 8.72. The van der Waals surface area contributed by atoms with E-state index in [9.17, 15) is 14.4 Å². The lowest BCUT2D eigenvalue weighted by molar-refractivity contribution is -0.142. The Hall–Kier alpha value is -2.75. The fourth-order valence-electron chi connectivity index (χ4n) is 3.93.